The third-order valence-electron chi connectivity index (χ3n) is 2.82. The van der Waals surface area contributed by atoms with E-state index in [9.17, 15) is 0 Å². The van der Waals surface area contributed by atoms with Crippen LogP contribution in [0.15, 0.2) is 5.03 Å². The molecule has 100 valence electrons. The van der Waals surface area contributed by atoms with Gasteiger partial charge in [0, 0.05) is 0 Å². The van der Waals surface area contributed by atoms with E-state index in [4.69, 9.17) is 11.1 Å². The van der Waals surface area contributed by atoms with Crippen LogP contribution in [-0.2, 0) is 12.8 Å². The second-order valence-electron chi connectivity index (χ2n) is 4.13. The van der Waals surface area contributed by atoms with E-state index in [0.29, 0.717) is 0 Å². The van der Waals surface area contributed by atoms with Crippen molar-refractivity contribution in [2.75, 3.05) is 5.75 Å². The summed E-state index contributed by atoms with van der Waals surface area (Å²) >= 11 is 1.65. The number of aryl methyl sites for hydroxylation is 1. The quantitative estimate of drug-likeness (QED) is 0.344. The number of nitrogen functional groups attached to an aromatic ring is 1. The topological polar surface area (TPSA) is 75.7 Å². The summed E-state index contributed by atoms with van der Waals surface area (Å²) in [6, 6.07) is 0. The van der Waals surface area contributed by atoms with Gasteiger partial charge in [-0.05, 0) is 30.6 Å². The van der Waals surface area contributed by atoms with E-state index in [1.54, 1.807) is 11.8 Å². The van der Waals surface area contributed by atoms with Crippen molar-refractivity contribution in [3.8, 4) is 0 Å². The lowest BCUT2D eigenvalue weighted by molar-refractivity contribution is 0.816. The Labute approximate surface area is 113 Å². The van der Waals surface area contributed by atoms with Crippen molar-refractivity contribution in [3.05, 3.63) is 16.8 Å². The summed E-state index contributed by atoms with van der Waals surface area (Å²) in [5, 5.41) is 17.1. The summed E-state index contributed by atoms with van der Waals surface area (Å²) in [5.41, 5.74) is 8.56. The zero-order valence-corrected chi connectivity index (χ0v) is 12.2. The third kappa shape index (κ3) is 3.45. The molecule has 0 atom stereocenters. The van der Waals surface area contributed by atoms with Gasteiger partial charge in [0.15, 0.2) is 0 Å². The van der Waals surface area contributed by atoms with Gasteiger partial charge in [0.2, 0.25) is 0 Å². The standard InChI is InChI=1S/C13H22N4S/c1-4-7-8-18-13-11(12(14)15)9(5-2)10(6-3)16-17-13/h4-8H2,1-3H3,(H3,14,15). The van der Waals surface area contributed by atoms with Crippen LogP contribution >= 0.6 is 11.8 Å². The zero-order chi connectivity index (χ0) is 13.5. The molecule has 4 nitrogen and oxygen atoms in total. The molecule has 0 aromatic carbocycles. The van der Waals surface area contributed by atoms with Gasteiger partial charge in [-0.2, -0.15) is 5.10 Å². The number of hydrogen-bond donors (Lipinski definition) is 2. The van der Waals surface area contributed by atoms with Gasteiger partial charge in [0.1, 0.15) is 10.9 Å². The van der Waals surface area contributed by atoms with Crippen LogP contribution in [0.1, 0.15) is 50.4 Å². The van der Waals surface area contributed by atoms with Gasteiger partial charge in [-0.15, -0.1) is 16.9 Å². The molecule has 18 heavy (non-hydrogen) atoms. The molecule has 0 radical (unpaired) electrons. The predicted molar refractivity (Wildman–Crippen MR) is 77.4 cm³/mol. The fourth-order valence-corrected chi connectivity index (χ4v) is 2.95. The highest BCUT2D eigenvalue weighted by atomic mass is 32.2. The number of hydrogen-bond acceptors (Lipinski definition) is 4. The van der Waals surface area contributed by atoms with Gasteiger partial charge in [0.05, 0.1) is 11.3 Å². The molecule has 0 spiro atoms. The zero-order valence-electron chi connectivity index (χ0n) is 11.4. The maximum atomic E-state index is 7.77. The Morgan fingerprint density at radius 1 is 1.22 bits per heavy atom. The van der Waals surface area contributed by atoms with Gasteiger partial charge in [-0.3, -0.25) is 5.41 Å². The van der Waals surface area contributed by atoms with E-state index in [1.807, 2.05) is 0 Å². The molecule has 0 amide bonds. The molecule has 0 saturated carbocycles. The van der Waals surface area contributed by atoms with Gasteiger partial charge in [0.25, 0.3) is 0 Å². The summed E-state index contributed by atoms with van der Waals surface area (Å²) in [4.78, 5) is 0. The first-order valence-corrected chi connectivity index (χ1v) is 7.49. The van der Waals surface area contributed by atoms with Crippen LogP contribution < -0.4 is 5.73 Å². The summed E-state index contributed by atoms with van der Waals surface area (Å²) in [7, 11) is 0. The maximum absolute atomic E-state index is 7.77. The van der Waals surface area contributed by atoms with Gasteiger partial charge in [-0.25, -0.2) is 0 Å². The molecule has 5 heteroatoms. The van der Waals surface area contributed by atoms with Crippen molar-refractivity contribution in [2.45, 2.75) is 51.5 Å². The second kappa shape index (κ2) is 7.36. The average Bonchev–Trinajstić information content (AvgIpc) is 2.37. The van der Waals surface area contributed by atoms with E-state index in [-0.39, 0.29) is 5.84 Å². The maximum Gasteiger partial charge on any atom is 0.130 e. The molecule has 0 aliphatic rings. The first-order chi connectivity index (χ1) is 8.65. The number of thioether (sulfide) groups is 1. The Hall–Kier alpha value is -1.10. The van der Waals surface area contributed by atoms with Crippen LogP contribution in [0.25, 0.3) is 0 Å². The molecule has 0 aliphatic carbocycles. The van der Waals surface area contributed by atoms with Crippen LogP contribution in [-0.4, -0.2) is 21.8 Å². The number of rotatable bonds is 7. The van der Waals surface area contributed by atoms with Crippen molar-refractivity contribution >= 4 is 17.6 Å². The molecule has 0 saturated heterocycles. The lowest BCUT2D eigenvalue weighted by Gasteiger charge is -2.13. The van der Waals surface area contributed by atoms with Crippen LogP contribution in [0.4, 0.5) is 0 Å². The summed E-state index contributed by atoms with van der Waals surface area (Å²) < 4.78 is 0. The minimum Gasteiger partial charge on any atom is -0.384 e. The Balaban J connectivity index is 3.13. The highest BCUT2D eigenvalue weighted by Crippen LogP contribution is 2.25. The minimum absolute atomic E-state index is 0.107. The molecular formula is C13H22N4S. The molecule has 0 unspecified atom stereocenters. The average molecular weight is 266 g/mol. The Kier molecular flexibility index (Phi) is 6.12. The fraction of sp³-hybridized carbons (Fsp3) is 0.615. The lowest BCUT2D eigenvalue weighted by atomic mass is 10.0. The van der Waals surface area contributed by atoms with Gasteiger partial charge >= 0.3 is 0 Å². The summed E-state index contributed by atoms with van der Waals surface area (Å²) in [5.74, 6) is 1.11. The van der Waals surface area contributed by atoms with E-state index in [1.165, 1.54) is 0 Å². The SMILES string of the molecule is CCCCSc1nnc(CC)c(CC)c1C(=N)N. The van der Waals surface area contributed by atoms with Crippen molar-refractivity contribution in [1.82, 2.24) is 10.2 Å². The number of aromatic nitrogens is 2. The van der Waals surface area contributed by atoms with Crippen LogP contribution in [0, 0.1) is 5.41 Å². The van der Waals surface area contributed by atoms with Crippen molar-refractivity contribution in [1.29, 1.82) is 5.41 Å². The lowest BCUT2D eigenvalue weighted by Crippen LogP contribution is -2.18. The highest BCUT2D eigenvalue weighted by molar-refractivity contribution is 7.99. The minimum atomic E-state index is 0.107. The van der Waals surface area contributed by atoms with Gasteiger partial charge in [-0.1, -0.05) is 27.2 Å². The summed E-state index contributed by atoms with van der Waals surface area (Å²) in [6.07, 6.45) is 3.97. The van der Waals surface area contributed by atoms with Crippen LogP contribution in [0.2, 0.25) is 0 Å². The molecule has 1 heterocycles. The summed E-state index contributed by atoms with van der Waals surface area (Å²) in [6.45, 7) is 6.29. The molecule has 0 aliphatic heterocycles. The Bertz CT molecular complexity index is 418. The number of nitrogens with zero attached hydrogens (tertiary/aromatic N) is 2. The predicted octanol–water partition coefficient (Wildman–Crippen LogP) is 2.78. The van der Waals surface area contributed by atoms with E-state index in [0.717, 1.165) is 53.3 Å². The largest absolute Gasteiger partial charge is 0.384 e. The number of nitrogens with one attached hydrogen (secondary N) is 1. The second-order valence-corrected chi connectivity index (χ2v) is 5.21. The molecule has 1 aromatic rings. The highest BCUT2D eigenvalue weighted by Gasteiger charge is 2.16. The van der Waals surface area contributed by atoms with Gasteiger partial charge < -0.3 is 5.73 Å². The van der Waals surface area contributed by atoms with Crippen LogP contribution in [0.3, 0.4) is 0 Å². The Morgan fingerprint density at radius 3 is 2.44 bits per heavy atom. The Morgan fingerprint density at radius 2 is 1.94 bits per heavy atom. The number of amidine groups is 1. The molecular weight excluding hydrogens is 244 g/mol. The number of unbranched alkanes of at least 4 members (excludes halogenated alkanes) is 1. The number of nitrogens with two attached hydrogens (primary N) is 1. The van der Waals surface area contributed by atoms with Crippen LogP contribution in [0.5, 0.6) is 0 Å². The molecule has 0 bridgehead atoms. The monoisotopic (exact) mass is 266 g/mol. The first-order valence-electron chi connectivity index (χ1n) is 6.51. The molecule has 1 rings (SSSR count). The first kappa shape index (κ1) is 15.0. The molecule has 3 N–H and O–H groups in total. The van der Waals surface area contributed by atoms with Crippen molar-refractivity contribution < 1.29 is 0 Å². The molecule has 1 aromatic heterocycles. The molecule has 0 fully saturated rings. The van der Waals surface area contributed by atoms with E-state index in [2.05, 4.69) is 31.0 Å². The van der Waals surface area contributed by atoms with E-state index >= 15 is 0 Å². The third-order valence-corrected chi connectivity index (χ3v) is 3.87. The van der Waals surface area contributed by atoms with E-state index < -0.39 is 0 Å². The van der Waals surface area contributed by atoms with Crippen molar-refractivity contribution in [3.63, 3.8) is 0 Å². The fourth-order valence-electron chi connectivity index (χ4n) is 1.85. The normalized spacial score (nSPS) is 10.6. The van der Waals surface area contributed by atoms with Crippen molar-refractivity contribution in [2.24, 2.45) is 5.73 Å². The smallest absolute Gasteiger partial charge is 0.130 e.